The first-order chi connectivity index (χ1) is 13.1. The largest absolute Gasteiger partial charge is 0.496 e. The van der Waals surface area contributed by atoms with Crippen molar-refractivity contribution in [2.45, 2.75) is 6.54 Å². The third-order valence-electron chi connectivity index (χ3n) is 3.72. The first-order valence-corrected chi connectivity index (χ1v) is 7.98. The van der Waals surface area contributed by atoms with E-state index in [-0.39, 0.29) is 18.8 Å². The lowest BCUT2D eigenvalue weighted by atomic mass is 10.1. The van der Waals surface area contributed by atoms with Gasteiger partial charge in [-0.2, -0.15) is 0 Å². The van der Waals surface area contributed by atoms with Crippen molar-refractivity contribution >= 4 is 17.5 Å². The highest BCUT2D eigenvalue weighted by Gasteiger charge is 2.15. The van der Waals surface area contributed by atoms with Gasteiger partial charge in [0.1, 0.15) is 5.75 Å². The fraction of sp³-hybridized carbons (Fsp3) is 0.176. The maximum atomic E-state index is 12.0. The zero-order valence-corrected chi connectivity index (χ0v) is 14.4. The molecule has 0 aliphatic rings. The quantitative estimate of drug-likeness (QED) is 0.544. The summed E-state index contributed by atoms with van der Waals surface area (Å²) in [6, 6.07) is 4.87. The average Bonchev–Trinajstić information content (AvgIpc) is 3.33. The number of benzene rings is 1. The highest BCUT2D eigenvalue weighted by atomic mass is 16.5. The lowest BCUT2D eigenvalue weighted by molar-refractivity contribution is -0.136. The Kier molecular flexibility index (Phi) is 5.36. The number of nitrogens with zero attached hydrogens (tertiary/aromatic N) is 2. The summed E-state index contributed by atoms with van der Waals surface area (Å²) in [5, 5.41) is 4.94. The van der Waals surface area contributed by atoms with E-state index in [0.717, 1.165) is 0 Å². The van der Waals surface area contributed by atoms with E-state index in [1.807, 2.05) is 0 Å². The van der Waals surface area contributed by atoms with Gasteiger partial charge < -0.3 is 24.8 Å². The van der Waals surface area contributed by atoms with Gasteiger partial charge in [0, 0.05) is 37.2 Å². The van der Waals surface area contributed by atoms with Gasteiger partial charge in [0.15, 0.2) is 12.2 Å². The van der Waals surface area contributed by atoms with Crippen LogP contribution in [0.25, 0.3) is 11.3 Å². The number of imidazole rings is 1. The number of ether oxygens (including phenoxy) is 1. The Bertz CT molecular complexity index is 989. The van der Waals surface area contributed by atoms with E-state index >= 15 is 0 Å². The topological polar surface area (TPSA) is 131 Å². The predicted octanol–water partition coefficient (Wildman–Crippen LogP) is 0.595. The minimum absolute atomic E-state index is 0.137. The Labute approximate surface area is 153 Å². The molecular weight excluding hydrogens is 354 g/mol. The van der Waals surface area contributed by atoms with E-state index in [1.54, 1.807) is 30.6 Å². The fourth-order valence-corrected chi connectivity index (χ4v) is 2.40. The molecule has 0 radical (unpaired) electrons. The number of oxazole rings is 1. The number of amides is 2. The lowest BCUT2D eigenvalue weighted by Crippen LogP contribution is -2.37. The van der Waals surface area contributed by atoms with Crippen molar-refractivity contribution < 1.29 is 18.7 Å². The van der Waals surface area contributed by atoms with Crippen molar-refractivity contribution in [1.82, 2.24) is 19.9 Å². The Balaban J connectivity index is 1.59. The van der Waals surface area contributed by atoms with Crippen LogP contribution < -0.4 is 21.1 Å². The first kappa shape index (κ1) is 18.0. The van der Waals surface area contributed by atoms with Crippen LogP contribution in [0.2, 0.25) is 0 Å². The van der Waals surface area contributed by atoms with E-state index in [0.29, 0.717) is 22.8 Å². The fourth-order valence-electron chi connectivity index (χ4n) is 2.40. The Morgan fingerprint density at radius 3 is 2.85 bits per heavy atom. The summed E-state index contributed by atoms with van der Waals surface area (Å²) in [4.78, 5) is 41.6. The van der Waals surface area contributed by atoms with Crippen LogP contribution in [0.15, 0.2) is 52.4 Å². The number of H-pyrrole nitrogens is 1. The van der Waals surface area contributed by atoms with Crippen LogP contribution >= 0.6 is 0 Å². The van der Waals surface area contributed by atoms with E-state index in [4.69, 9.17) is 9.15 Å². The molecule has 0 saturated carbocycles. The zero-order chi connectivity index (χ0) is 19.2. The van der Waals surface area contributed by atoms with Crippen molar-refractivity contribution in [2.75, 3.05) is 19.0 Å². The molecule has 0 unspecified atom stereocenters. The van der Waals surface area contributed by atoms with Gasteiger partial charge in [0.05, 0.1) is 18.9 Å². The number of carbonyl (C=O) groups is 2. The molecule has 2 aromatic heterocycles. The Morgan fingerprint density at radius 1 is 1.33 bits per heavy atom. The number of hydrogen-bond donors (Lipinski definition) is 3. The van der Waals surface area contributed by atoms with E-state index in [1.165, 1.54) is 24.3 Å². The van der Waals surface area contributed by atoms with Crippen LogP contribution in [0, 0.1) is 0 Å². The molecule has 10 nitrogen and oxygen atoms in total. The number of hydrogen-bond acceptors (Lipinski definition) is 6. The van der Waals surface area contributed by atoms with Crippen LogP contribution in [0.4, 0.5) is 5.69 Å². The van der Waals surface area contributed by atoms with E-state index in [9.17, 15) is 14.4 Å². The number of methoxy groups -OCH3 is 1. The van der Waals surface area contributed by atoms with Gasteiger partial charge in [-0.25, -0.2) is 9.78 Å². The Morgan fingerprint density at radius 2 is 2.19 bits per heavy atom. The lowest BCUT2D eigenvalue weighted by Gasteiger charge is -2.10. The smallest absolute Gasteiger partial charge is 0.325 e. The van der Waals surface area contributed by atoms with Crippen LogP contribution in [-0.2, 0) is 16.1 Å². The van der Waals surface area contributed by atoms with Crippen molar-refractivity contribution in [3.8, 4) is 17.1 Å². The second kappa shape index (κ2) is 8.04. The van der Waals surface area contributed by atoms with Crippen molar-refractivity contribution in [2.24, 2.45) is 0 Å². The summed E-state index contributed by atoms with van der Waals surface area (Å²) in [6.45, 7) is 0.388. The van der Waals surface area contributed by atoms with Gasteiger partial charge in [0.2, 0.25) is 0 Å². The van der Waals surface area contributed by atoms with Crippen molar-refractivity contribution in [3.05, 3.63) is 53.7 Å². The summed E-state index contributed by atoms with van der Waals surface area (Å²) in [6.07, 6.45) is 5.89. The molecular formula is C17H17N5O5. The normalized spacial score (nSPS) is 10.4. The highest BCUT2D eigenvalue weighted by Crippen LogP contribution is 2.32. The maximum Gasteiger partial charge on any atom is 0.325 e. The molecule has 0 fully saturated rings. The van der Waals surface area contributed by atoms with Gasteiger partial charge in [0.25, 0.3) is 0 Å². The summed E-state index contributed by atoms with van der Waals surface area (Å²) in [7, 11) is 1.48. The summed E-state index contributed by atoms with van der Waals surface area (Å²) >= 11 is 0. The maximum absolute atomic E-state index is 12.0. The molecule has 0 saturated heterocycles. The molecule has 3 aromatic rings. The zero-order valence-electron chi connectivity index (χ0n) is 14.4. The number of carbonyl (C=O) groups excluding carboxylic acids is 2. The molecule has 0 aliphatic carbocycles. The van der Waals surface area contributed by atoms with Crippen LogP contribution in [0.5, 0.6) is 5.75 Å². The first-order valence-electron chi connectivity index (χ1n) is 7.98. The molecule has 0 bridgehead atoms. The van der Waals surface area contributed by atoms with Crippen LogP contribution in [-0.4, -0.2) is 40.0 Å². The molecule has 27 heavy (non-hydrogen) atoms. The predicted molar refractivity (Wildman–Crippen MR) is 95.2 cm³/mol. The summed E-state index contributed by atoms with van der Waals surface area (Å²) in [5.74, 6) is -0.665. The van der Waals surface area contributed by atoms with Crippen LogP contribution in [0.3, 0.4) is 0 Å². The third-order valence-corrected chi connectivity index (χ3v) is 3.72. The molecule has 2 amide bonds. The number of aromatic amines is 1. The second-order valence-corrected chi connectivity index (χ2v) is 5.45. The van der Waals surface area contributed by atoms with Gasteiger partial charge in [-0.3, -0.25) is 14.2 Å². The van der Waals surface area contributed by atoms with Gasteiger partial charge in [-0.05, 0) is 12.1 Å². The van der Waals surface area contributed by atoms with Gasteiger partial charge in [-0.1, -0.05) is 0 Å². The number of aromatic nitrogens is 3. The summed E-state index contributed by atoms with van der Waals surface area (Å²) in [5.41, 5.74) is 0.763. The number of rotatable bonds is 6. The molecule has 0 atom stereocenters. The van der Waals surface area contributed by atoms with E-state index in [2.05, 4.69) is 20.6 Å². The second-order valence-electron chi connectivity index (χ2n) is 5.45. The molecule has 3 N–H and O–H groups in total. The minimum atomic E-state index is -0.828. The standard InChI is InChI=1S/C17H17N5O5/c1-26-13-8-11(2-3-12(13)14-9-18-10-27-14)21-16(24)15(23)19-4-6-22-7-5-20-17(22)25/h2-3,5,7-10H,4,6H2,1H3,(H,19,23)(H,20,25)(H,21,24). The number of nitrogens with one attached hydrogen (secondary N) is 3. The highest BCUT2D eigenvalue weighted by molar-refractivity contribution is 6.39. The van der Waals surface area contributed by atoms with Crippen molar-refractivity contribution in [1.29, 1.82) is 0 Å². The monoisotopic (exact) mass is 371 g/mol. The average molecular weight is 371 g/mol. The molecule has 2 heterocycles. The van der Waals surface area contributed by atoms with E-state index < -0.39 is 11.8 Å². The molecule has 3 rings (SSSR count). The summed E-state index contributed by atoms with van der Waals surface area (Å²) < 4.78 is 11.9. The van der Waals surface area contributed by atoms with Gasteiger partial charge in [-0.15, -0.1) is 0 Å². The number of anilines is 1. The van der Waals surface area contributed by atoms with Gasteiger partial charge >= 0.3 is 17.5 Å². The Hall–Kier alpha value is -3.82. The van der Waals surface area contributed by atoms with Crippen molar-refractivity contribution in [3.63, 3.8) is 0 Å². The molecule has 1 aromatic carbocycles. The SMILES string of the molecule is COc1cc(NC(=O)C(=O)NCCn2cc[nH]c2=O)ccc1-c1cnco1. The third kappa shape index (κ3) is 4.24. The molecule has 0 spiro atoms. The molecule has 0 aliphatic heterocycles. The van der Waals surface area contributed by atoms with Crippen LogP contribution in [0.1, 0.15) is 0 Å². The molecule has 10 heteroatoms. The minimum Gasteiger partial charge on any atom is -0.496 e. The molecule has 140 valence electrons.